The van der Waals surface area contributed by atoms with E-state index in [4.69, 9.17) is 4.42 Å². The summed E-state index contributed by atoms with van der Waals surface area (Å²) < 4.78 is 4.93. The average molecular weight is 243 g/mol. The first kappa shape index (κ1) is 11.5. The average Bonchev–Trinajstić information content (AvgIpc) is 2.92. The first-order chi connectivity index (χ1) is 7.34. The minimum atomic E-state index is 0. The summed E-state index contributed by atoms with van der Waals surface area (Å²) in [5.74, 6) is 1.42. The molecule has 0 bridgehead atoms. The van der Waals surface area contributed by atoms with Crippen molar-refractivity contribution >= 4 is 18.3 Å². The van der Waals surface area contributed by atoms with Crippen molar-refractivity contribution in [1.29, 1.82) is 0 Å². The zero-order valence-corrected chi connectivity index (χ0v) is 9.70. The van der Waals surface area contributed by atoms with Gasteiger partial charge in [-0.3, -0.25) is 4.79 Å². The highest BCUT2D eigenvalue weighted by Crippen LogP contribution is 2.27. The van der Waals surface area contributed by atoms with E-state index in [2.05, 4.69) is 5.32 Å². The van der Waals surface area contributed by atoms with Crippen LogP contribution in [0.4, 0.5) is 0 Å². The topological polar surface area (TPSA) is 45.5 Å². The fraction of sp³-hybridized carbons (Fsp3) is 0.545. The highest BCUT2D eigenvalue weighted by molar-refractivity contribution is 5.94. The van der Waals surface area contributed by atoms with Gasteiger partial charge in [0.1, 0.15) is 6.26 Å². The fourth-order valence-electron chi connectivity index (χ4n) is 2.59. The third-order valence-corrected chi connectivity index (χ3v) is 3.44. The summed E-state index contributed by atoms with van der Waals surface area (Å²) in [4.78, 5) is 13.9. The first-order valence-corrected chi connectivity index (χ1v) is 5.37. The molecule has 1 aromatic heterocycles. The monoisotopic (exact) mass is 242 g/mol. The number of furan rings is 1. The van der Waals surface area contributed by atoms with Crippen LogP contribution in [0.5, 0.6) is 0 Å². The molecule has 0 aliphatic carbocycles. The first-order valence-electron chi connectivity index (χ1n) is 5.37. The molecule has 4 nitrogen and oxygen atoms in total. The Kier molecular flexibility index (Phi) is 3.21. The minimum Gasteiger partial charge on any atom is -0.472 e. The highest BCUT2D eigenvalue weighted by atomic mass is 35.5. The molecule has 0 radical (unpaired) electrons. The van der Waals surface area contributed by atoms with E-state index in [1.54, 1.807) is 12.3 Å². The summed E-state index contributed by atoms with van der Waals surface area (Å²) in [5, 5.41) is 3.36. The second-order valence-corrected chi connectivity index (χ2v) is 4.40. The van der Waals surface area contributed by atoms with Gasteiger partial charge in [0.25, 0.3) is 5.91 Å². The summed E-state index contributed by atoms with van der Waals surface area (Å²) in [6.07, 6.45) is 3.07. The summed E-state index contributed by atoms with van der Waals surface area (Å²) in [5.41, 5.74) is 0.669. The lowest BCUT2D eigenvalue weighted by molar-refractivity contribution is 0.0781. The van der Waals surface area contributed by atoms with E-state index in [9.17, 15) is 4.79 Å². The molecule has 1 amide bonds. The number of fused-ring (bicyclic) bond motifs is 1. The lowest BCUT2D eigenvalue weighted by Crippen LogP contribution is -2.31. The number of amides is 1. The largest absolute Gasteiger partial charge is 0.472 e. The van der Waals surface area contributed by atoms with Crippen molar-refractivity contribution in [2.45, 2.75) is 0 Å². The van der Waals surface area contributed by atoms with Gasteiger partial charge in [0.05, 0.1) is 11.8 Å². The van der Waals surface area contributed by atoms with E-state index in [1.165, 1.54) is 6.26 Å². The smallest absolute Gasteiger partial charge is 0.257 e. The molecule has 5 heteroatoms. The fourth-order valence-corrected chi connectivity index (χ4v) is 2.59. The van der Waals surface area contributed by atoms with Crippen LogP contribution < -0.4 is 5.32 Å². The number of rotatable bonds is 1. The van der Waals surface area contributed by atoms with Crippen LogP contribution in [0.2, 0.25) is 0 Å². The molecule has 2 aliphatic rings. The van der Waals surface area contributed by atoms with Crippen LogP contribution in [0.1, 0.15) is 10.4 Å². The van der Waals surface area contributed by atoms with Crippen molar-refractivity contribution in [3.05, 3.63) is 24.2 Å². The second kappa shape index (κ2) is 4.47. The van der Waals surface area contributed by atoms with Crippen molar-refractivity contribution in [2.24, 2.45) is 11.8 Å². The van der Waals surface area contributed by atoms with E-state index in [1.807, 2.05) is 4.90 Å². The molecule has 0 spiro atoms. The Morgan fingerprint density at radius 1 is 1.38 bits per heavy atom. The van der Waals surface area contributed by atoms with Gasteiger partial charge in [0.2, 0.25) is 0 Å². The molecule has 16 heavy (non-hydrogen) atoms. The SMILES string of the molecule is Cl.O=C(c1ccoc1)N1C[C@H]2CNC[C@H]2C1. The summed E-state index contributed by atoms with van der Waals surface area (Å²) in [6.45, 7) is 3.89. The molecule has 88 valence electrons. The van der Waals surface area contributed by atoms with E-state index in [-0.39, 0.29) is 18.3 Å². The molecule has 3 rings (SSSR count). The standard InChI is InChI=1S/C11H14N2O2.ClH/c14-11(8-1-2-15-7-8)13-5-9-3-12-4-10(9)6-13;/h1-2,7,9-10,12H,3-6H2;1H/t9-,10+;. The van der Waals surface area contributed by atoms with Gasteiger partial charge in [-0.1, -0.05) is 0 Å². The maximum Gasteiger partial charge on any atom is 0.257 e. The third-order valence-electron chi connectivity index (χ3n) is 3.44. The van der Waals surface area contributed by atoms with Gasteiger partial charge < -0.3 is 14.6 Å². The van der Waals surface area contributed by atoms with Gasteiger partial charge in [0, 0.05) is 26.2 Å². The summed E-state index contributed by atoms with van der Waals surface area (Å²) in [7, 11) is 0. The van der Waals surface area contributed by atoms with Crippen LogP contribution >= 0.6 is 12.4 Å². The number of carbonyl (C=O) groups is 1. The van der Waals surface area contributed by atoms with Crippen molar-refractivity contribution in [3.8, 4) is 0 Å². The van der Waals surface area contributed by atoms with E-state index in [0.29, 0.717) is 17.4 Å². The predicted molar refractivity (Wildman–Crippen MR) is 61.7 cm³/mol. The predicted octanol–water partition coefficient (Wildman–Crippen LogP) is 0.993. The van der Waals surface area contributed by atoms with E-state index < -0.39 is 0 Å². The maximum absolute atomic E-state index is 12.0. The molecule has 2 aliphatic heterocycles. The maximum atomic E-state index is 12.0. The molecule has 2 fully saturated rings. The lowest BCUT2D eigenvalue weighted by atomic mass is 10.0. The van der Waals surface area contributed by atoms with Crippen LogP contribution in [0.3, 0.4) is 0 Å². The van der Waals surface area contributed by atoms with Crippen LogP contribution in [0.25, 0.3) is 0 Å². The molecule has 2 saturated heterocycles. The normalized spacial score (nSPS) is 27.6. The quantitative estimate of drug-likeness (QED) is 0.799. The molecule has 0 saturated carbocycles. The molecule has 1 aromatic rings. The summed E-state index contributed by atoms with van der Waals surface area (Å²) >= 11 is 0. The Hall–Kier alpha value is -1.00. The van der Waals surface area contributed by atoms with Gasteiger partial charge in [-0.25, -0.2) is 0 Å². The zero-order valence-electron chi connectivity index (χ0n) is 8.89. The second-order valence-electron chi connectivity index (χ2n) is 4.40. The molecular weight excluding hydrogens is 228 g/mol. The molecule has 0 unspecified atom stereocenters. The number of carbonyl (C=O) groups excluding carboxylic acids is 1. The van der Waals surface area contributed by atoms with Crippen LogP contribution in [0, 0.1) is 11.8 Å². The molecule has 3 heterocycles. The van der Waals surface area contributed by atoms with Crippen LogP contribution in [0.15, 0.2) is 23.0 Å². The van der Waals surface area contributed by atoms with Crippen LogP contribution in [-0.4, -0.2) is 37.0 Å². The number of hydrogen-bond acceptors (Lipinski definition) is 3. The molecule has 2 atom stereocenters. The zero-order chi connectivity index (χ0) is 10.3. The Bertz CT molecular complexity index is 354. The Morgan fingerprint density at radius 2 is 2.06 bits per heavy atom. The van der Waals surface area contributed by atoms with Crippen molar-refractivity contribution < 1.29 is 9.21 Å². The van der Waals surface area contributed by atoms with E-state index >= 15 is 0 Å². The lowest BCUT2D eigenvalue weighted by Gasteiger charge is -2.16. The number of halogens is 1. The van der Waals surface area contributed by atoms with Crippen molar-refractivity contribution in [2.75, 3.05) is 26.2 Å². The molecule has 1 N–H and O–H groups in total. The van der Waals surface area contributed by atoms with Crippen molar-refractivity contribution in [1.82, 2.24) is 10.2 Å². The summed E-state index contributed by atoms with van der Waals surface area (Å²) in [6, 6.07) is 1.73. The number of hydrogen-bond donors (Lipinski definition) is 1. The minimum absolute atomic E-state index is 0. The van der Waals surface area contributed by atoms with Gasteiger partial charge in [0.15, 0.2) is 0 Å². The highest BCUT2D eigenvalue weighted by Gasteiger charge is 2.38. The third kappa shape index (κ3) is 1.83. The van der Waals surface area contributed by atoms with E-state index in [0.717, 1.165) is 26.2 Å². The number of likely N-dealkylation sites (tertiary alicyclic amines) is 1. The Labute approximate surface area is 100 Å². The van der Waals surface area contributed by atoms with Crippen LogP contribution in [-0.2, 0) is 0 Å². The molecular formula is C11H15ClN2O2. The number of nitrogens with one attached hydrogen (secondary N) is 1. The van der Waals surface area contributed by atoms with Gasteiger partial charge in [-0.2, -0.15) is 0 Å². The number of nitrogens with zero attached hydrogens (tertiary/aromatic N) is 1. The van der Waals surface area contributed by atoms with Crippen molar-refractivity contribution in [3.63, 3.8) is 0 Å². The van der Waals surface area contributed by atoms with Gasteiger partial charge >= 0.3 is 0 Å². The van der Waals surface area contributed by atoms with Gasteiger partial charge in [-0.15, -0.1) is 12.4 Å². The Balaban J connectivity index is 0.000000963. The Morgan fingerprint density at radius 3 is 2.62 bits per heavy atom. The molecule has 0 aromatic carbocycles. The van der Waals surface area contributed by atoms with Gasteiger partial charge in [-0.05, 0) is 17.9 Å².